The summed E-state index contributed by atoms with van der Waals surface area (Å²) in [6.45, 7) is 2.60. The van der Waals surface area contributed by atoms with Crippen LogP contribution in [0.1, 0.15) is 25.6 Å². The molecule has 3 aromatic carbocycles. The molecule has 200 valence electrons. The minimum absolute atomic E-state index is 0.0531. The van der Waals surface area contributed by atoms with Gasteiger partial charge < -0.3 is 15.1 Å². The average Bonchev–Trinajstić information content (AvgIpc) is 3.50. The Balaban J connectivity index is 1.35. The molecule has 0 unspecified atom stereocenters. The first-order valence-corrected chi connectivity index (χ1v) is 14.9. The van der Waals surface area contributed by atoms with Crippen LogP contribution in [-0.4, -0.2) is 67.5 Å². The number of nitrogens with zero attached hydrogens (tertiary/aromatic N) is 2. The van der Waals surface area contributed by atoms with E-state index in [1.54, 1.807) is 40.6 Å². The lowest BCUT2D eigenvalue weighted by molar-refractivity contribution is -0.132. The van der Waals surface area contributed by atoms with Crippen molar-refractivity contribution in [2.45, 2.75) is 17.2 Å². The van der Waals surface area contributed by atoms with Crippen LogP contribution >= 0.6 is 11.3 Å². The number of amides is 3. The molecule has 1 fully saturated rings. The van der Waals surface area contributed by atoms with Crippen LogP contribution in [0, 0.1) is 6.92 Å². The van der Waals surface area contributed by atoms with E-state index in [-0.39, 0.29) is 37.0 Å². The summed E-state index contributed by atoms with van der Waals surface area (Å²) >= 11 is 1.15. The Bertz CT molecular complexity index is 1620. The molecular weight excluding hydrogens is 534 g/mol. The SMILES string of the molecule is Cc1ccc(S(=O)(=O)[C@H](NC(=O)c2cccs2)C(=O)N2CCN(C(=O)c3cccc4ccccc34)CC2)cc1. The van der Waals surface area contributed by atoms with Gasteiger partial charge in [0.25, 0.3) is 17.7 Å². The predicted molar refractivity (Wildman–Crippen MR) is 150 cm³/mol. The fourth-order valence-corrected chi connectivity index (χ4v) is 6.70. The molecule has 0 bridgehead atoms. The van der Waals surface area contributed by atoms with Crippen LogP contribution in [0.3, 0.4) is 0 Å². The van der Waals surface area contributed by atoms with Crippen LogP contribution in [0.5, 0.6) is 0 Å². The van der Waals surface area contributed by atoms with Gasteiger partial charge in [0.2, 0.25) is 15.2 Å². The van der Waals surface area contributed by atoms with Crippen molar-refractivity contribution >= 4 is 49.7 Å². The van der Waals surface area contributed by atoms with Crippen molar-refractivity contribution in [2.75, 3.05) is 26.2 Å². The molecular formula is C29H27N3O5S2. The third-order valence-electron chi connectivity index (χ3n) is 6.79. The number of rotatable bonds is 6. The van der Waals surface area contributed by atoms with E-state index < -0.39 is 27.0 Å². The first-order valence-electron chi connectivity index (χ1n) is 12.5. The summed E-state index contributed by atoms with van der Waals surface area (Å²) in [5.41, 5.74) is 1.45. The highest BCUT2D eigenvalue weighted by Gasteiger charge is 2.40. The summed E-state index contributed by atoms with van der Waals surface area (Å²) in [6.07, 6.45) is 0. The Morgan fingerprint density at radius 2 is 1.49 bits per heavy atom. The van der Waals surface area contributed by atoms with Gasteiger partial charge in [-0.25, -0.2) is 8.42 Å². The fourth-order valence-electron chi connectivity index (χ4n) is 4.61. The molecule has 10 heteroatoms. The van der Waals surface area contributed by atoms with Crippen molar-refractivity contribution in [1.82, 2.24) is 15.1 Å². The first kappa shape index (κ1) is 26.6. The lowest BCUT2D eigenvalue weighted by Gasteiger charge is -2.36. The topological polar surface area (TPSA) is 104 Å². The molecule has 0 radical (unpaired) electrons. The number of carbonyl (C=O) groups is 3. The molecule has 8 nitrogen and oxygen atoms in total. The van der Waals surface area contributed by atoms with Crippen molar-refractivity contribution in [3.63, 3.8) is 0 Å². The molecule has 2 heterocycles. The summed E-state index contributed by atoms with van der Waals surface area (Å²) in [4.78, 5) is 43.2. The van der Waals surface area contributed by atoms with Crippen LogP contribution in [0.25, 0.3) is 10.8 Å². The minimum Gasteiger partial charge on any atom is -0.336 e. The summed E-state index contributed by atoms with van der Waals surface area (Å²) < 4.78 is 27.2. The zero-order valence-corrected chi connectivity index (χ0v) is 22.9. The lowest BCUT2D eigenvalue weighted by atomic mass is 10.0. The Morgan fingerprint density at radius 3 is 2.18 bits per heavy atom. The van der Waals surface area contributed by atoms with Gasteiger partial charge in [-0.05, 0) is 47.3 Å². The highest BCUT2D eigenvalue weighted by Crippen LogP contribution is 2.22. The number of nitrogens with one attached hydrogen (secondary N) is 1. The van der Waals surface area contributed by atoms with Crippen LogP contribution < -0.4 is 5.32 Å². The molecule has 0 spiro atoms. The van der Waals surface area contributed by atoms with Gasteiger partial charge in [0.15, 0.2) is 0 Å². The van der Waals surface area contributed by atoms with Gasteiger partial charge in [-0.15, -0.1) is 11.3 Å². The van der Waals surface area contributed by atoms with Crippen LogP contribution in [0.4, 0.5) is 0 Å². The molecule has 1 aliphatic heterocycles. The molecule has 0 saturated carbocycles. The Hall–Kier alpha value is -4.02. The summed E-state index contributed by atoms with van der Waals surface area (Å²) in [5.74, 6) is -1.50. The second-order valence-electron chi connectivity index (χ2n) is 9.33. The molecule has 0 aliphatic carbocycles. The van der Waals surface area contributed by atoms with Crippen LogP contribution in [-0.2, 0) is 14.6 Å². The van der Waals surface area contributed by atoms with Crippen molar-refractivity contribution in [3.8, 4) is 0 Å². The molecule has 3 amide bonds. The van der Waals surface area contributed by atoms with Crippen LogP contribution in [0.2, 0.25) is 0 Å². The molecule has 4 aromatic rings. The summed E-state index contributed by atoms with van der Waals surface area (Å²) in [5, 5.41) is 4.18. The quantitative estimate of drug-likeness (QED) is 0.387. The van der Waals surface area contributed by atoms with Crippen molar-refractivity contribution in [1.29, 1.82) is 0 Å². The van der Waals surface area contributed by atoms with E-state index in [0.717, 1.165) is 27.7 Å². The lowest BCUT2D eigenvalue weighted by Crippen LogP contribution is -2.57. The number of hydrogen-bond donors (Lipinski definition) is 1. The van der Waals surface area contributed by atoms with E-state index in [2.05, 4.69) is 5.32 Å². The number of benzene rings is 3. The third kappa shape index (κ3) is 5.43. The number of fused-ring (bicyclic) bond motifs is 1. The zero-order chi connectivity index (χ0) is 27.6. The summed E-state index contributed by atoms with van der Waals surface area (Å²) in [7, 11) is -4.25. The standard InChI is InChI=1S/C29H27N3O5S2/c1-20-11-13-22(14-12-20)39(36,37)27(30-26(33)25-10-5-19-38-25)29(35)32-17-15-31(16-18-32)28(34)24-9-4-7-21-6-2-3-8-23(21)24/h2-14,19,27H,15-18H2,1H3,(H,30,33)/t27-/m0/s1. The molecule has 1 aliphatic rings. The maximum Gasteiger partial charge on any atom is 0.262 e. The highest BCUT2D eigenvalue weighted by molar-refractivity contribution is 7.92. The van der Waals surface area contributed by atoms with E-state index in [1.807, 2.05) is 43.3 Å². The Kier molecular flexibility index (Phi) is 7.49. The monoisotopic (exact) mass is 561 g/mol. The largest absolute Gasteiger partial charge is 0.336 e. The number of aryl methyl sites for hydroxylation is 1. The third-order valence-corrected chi connectivity index (χ3v) is 9.53. The smallest absolute Gasteiger partial charge is 0.262 e. The van der Waals surface area contributed by atoms with Gasteiger partial charge in [0.1, 0.15) is 0 Å². The van der Waals surface area contributed by atoms with E-state index in [9.17, 15) is 22.8 Å². The van der Waals surface area contributed by atoms with E-state index in [0.29, 0.717) is 10.4 Å². The number of thiophene rings is 1. The van der Waals surface area contributed by atoms with Crippen LogP contribution in [0.15, 0.2) is 89.1 Å². The van der Waals surface area contributed by atoms with Gasteiger partial charge in [0, 0.05) is 31.7 Å². The van der Waals surface area contributed by atoms with E-state index in [4.69, 9.17) is 0 Å². The molecule has 1 saturated heterocycles. The normalized spacial score (nSPS) is 14.7. The molecule has 1 aromatic heterocycles. The van der Waals surface area contributed by atoms with E-state index in [1.165, 1.54) is 17.0 Å². The Morgan fingerprint density at radius 1 is 0.821 bits per heavy atom. The van der Waals surface area contributed by atoms with Crippen molar-refractivity contribution in [3.05, 3.63) is 100 Å². The highest BCUT2D eigenvalue weighted by atomic mass is 32.2. The molecule has 5 rings (SSSR count). The maximum absolute atomic E-state index is 13.6. The average molecular weight is 562 g/mol. The first-order chi connectivity index (χ1) is 18.8. The molecule has 39 heavy (non-hydrogen) atoms. The predicted octanol–water partition coefficient (Wildman–Crippen LogP) is 3.72. The van der Waals surface area contributed by atoms with Crippen molar-refractivity contribution in [2.24, 2.45) is 0 Å². The summed E-state index contributed by atoms with van der Waals surface area (Å²) in [6, 6.07) is 22.6. The number of hydrogen-bond acceptors (Lipinski definition) is 6. The number of carbonyl (C=O) groups excluding carboxylic acids is 3. The second-order valence-corrected chi connectivity index (χ2v) is 12.3. The fraction of sp³-hybridized carbons (Fsp3) is 0.207. The van der Waals surface area contributed by atoms with Gasteiger partial charge in [-0.2, -0.15) is 0 Å². The van der Waals surface area contributed by atoms with Crippen molar-refractivity contribution < 1.29 is 22.8 Å². The van der Waals surface area contributed by atoms with E-state index >= 15 is 0 Å². The van der Waals surface area contributed by atoms with Gasteiger partial charge >= 0.3 is 0 Å². The zero-order valence-electron chi connectivity index (χ0n) is 21.2. The number of sulfone groups is 1. The van der Waals surface area contributed by atoms with Gasteiger partial charge in [-0.1, -0.05) is 60.2 Å². The number of piperazine rings is 1. The molecule has 1 atom stereocenters. The molecule has 1 N–H and O–H groups in total. The second kappa shape index (κ2) is 11.0. The maximum atomic E-state index is 13.6. The minimum atomic E-state index is -4.25. The van der Waals surface area contributed by atoms with Gasteiger partial charge in [0.05, 0.1) is 9.77 Å². The van der Waals surface area contributed by atoms with Gasteiger partial charge in [-0.3, -0.25) is 14.4 Å². The Labute approximate surface area is 230 Å².